The van der Waals surface area contributed by atoms with Gasteiger partial charge in [-0.2, -0.15) is 5.26 Å². The molecule has 0 aliphatic carbocycles. The van der Waals surface area contributed by atoms with Gasteiger partial charge in [0.15, 0.2) is 5.15 Å². The van der Waals surface area contributed by atoms with Crippen LogP contribution in [-0.4, -0.2) is 17.1 Å². The summed E-state index contributed by atoms with van der Waals surface area (Å²) in [6, 6.07) is 9.56. The SMILES string of the molecule is COc1ccc(Cc2ncc(C#N)c(Cl)n2)cc1. The van der Waals surface area contributed by atoms with Gasteiger partial charge in [-0.15, -0.1) is 0 Å². The Balaban J connectivity index is 2.18. The molecule has 1 aromatic heterocycles. The third-order valence-electron chi connectivity index (χ3n) is 2.43. The fourth-order valence-corrected chi connectivity index (χ4v) is 1.67. The molecule has 5 heteroatoms. The summed E-state index contributed by atoms with van der Waals surface area (Å²) < 4.78 is 5.08. The van der Waals surface area contributed by atoms with Gasteiger partial charge in [-0.3, -0.25) is 0 Å². The summed E-state index contributed by atoms with van der Waals surface area (Å²) in [6.45, 7) is 0. The number of hydrogen-bond acceptors (Lipinski definition) is 4. The van der Waals surface area contributed by atoms with E-state index in [1.165, 1.54) is 6.20 Å². The molecule has 0 fully saturated rings. The monoisotopic (exact) mass is 259 g/mol. The van der Waals surface area contributed by atoms with Crippen LogP contribution in [0.5, 0.6) is 5.75 Å². The lowest BCUT2D eigenvalue weighted by molar-refractivity contribution is 0.414. The van der Waals surface area contributed by atoms with Crippen LogP contribution in [0.3, 0.4) is 0 Å². The van der Waals surface area contributed by atoms with Crippen LogP contribution in [0.1, 0.15) is 17.0 Å². The molecule has 2 rings (SSSR count). The number of methoxy groups -OCH3 is 1. The molecule has 4 nitrogen and oxygen atoms in total. The van der Waals surface area contributed by atoms with Crippen LogP contribution in [0.25, 0.3) is 0 Å². The van der Waals surface area contributed by atoms with Crippen LogP contribution >= 0.6 is 11.6 Å². The first-order chi connectivity index (χ1) is 8.72. The van der Waals surface area contributed by atoms with Crippen molar-refractivity contribution in [3.05, 3.63) is 52.6 Å². The first kappa shape index (κ1) is 12.3. The van der Waals surface area contributed by atoms with Gasteiger partial charge < -0.3 is 4.74 Å². The first-order valence-electron chi connectivity index (χ1n) is 5.27. The van der Waals surface area contributed by atoms with Crippen molar-refractivity contribution < 1.29 is 4.74 Å². The maximum Gasteiger partial charge on any atom is 0.150 e. The van der Waals surface area contributed by atoms with Gasteiger partial charge >= 0.3 is 0 Å². The van der Waals surface area contributed by atoms with Crippen LogP contribution in [0.15, 0.2) is 30.5 Å². The van der Waals surface area contributed by atoms with Crippen LogP contribution in [0.4, 0.5) is 0 Å². The highest BCUT2D eigenvalue weighted by molar-refractivity contribution is 6.30. The Morgan fingerprint density at radius 2 is 2.06 bits per heavy atom. The number of benzene rings is 1. The minimum Gasteiger partial charge on any atom is -0.497 e. The molecule has 0 bridgehead atoms. The highest BCUT2D eigenvalue weighted by Gasteiger charge is 2.05. The van der Waals surface area contributed by atoms with Crippen LogP contribution in [0.2, 0.25) is 5.15 Å². The largest absolute Gasteiger partial charge is 0.497 e. The third kappa shape index (κ3) is 2.76. The van der Waals surface area contributed by atoms with Crippen LogP contribution in [0, 0.1) is 11.3 Å². The van der Waals surface area contributed by atoms with Crippen molar-refractivity contribution in [1.82, 2.24) is 9.97 Å². The lowest BCUT2D eigenvalue weighted by atomic mass is 10.1. The Morgan fingerprint density at radius 3 is 2.61 bits per heavy atom. The maximum absolute atomic E-state index is 8.73. The van der Waals surface area contributed by atoms with E-state index < -0.39 is 0 Å². The Kier molecular flexibility index (Phi) is 3.75. The van der Waals surface area contributed by atoms with Crippen molar-refractivity contribution in [3.63, 3.8) is 0 Å². The van der Waals surface area contributed by atoms with Gasteiger partial charge in [0.25, 0.3) is 0 Å². The zero-order chi connectivity index (χ0) is 13.0. The molecule has 2 aromatic rings. The maximum atomic E-state index is 8.73. The summed E-state index contributed by atoms with van der Waals surface area (Å²) in [5.41, 5.74) is 1.34. The van der Waals surface area contributed by atoms with E-state index in [0.717, 1.165) is 11.3 Å². The van der Waals surface area contributed by atoms with Gasteiger partial charge in [-0.1, -0.05) is 23.7 Å². The van der Waals surface area contributed by atoms with E-state index in [9.17, 15) is 0 Å². The predicted molar refractivity (Wildman–Crippen MR) is 67.6 cm³/mol. The quantitative estimate of drug-likeness (QED) is 0.795. The molecule has 90 valence electrons. The molecule has 1 aromatic carbocycles. The van der Waals surface area contributed by atoms with Gasteiger partial charge in [0.05, 0.1) is 7.11 Å². The van der Waals surface area contributed by atoms with Crippen molar-refractivity contribution in [1.29, 1.82) is 5.26 Å². The number of nitrogens with zero attached hydrogens (tertiary/aromatic N) is 3. The lowest BCUT2D eigenvalue weighted by Gasteiger charge is -2.03. The summed E-state index contributed by atoms with van der Waals surface area (Å²) in [4.78, 5) is 8.18. The van der Waals surface area contributed by atoms with E-state index in [0.29, 0.717) is 12.2 Å². The number of aromatic nitrogens is 2. The minimum absolute atomic E-state index is 0.191. The van der Waals surface area contributed by atoms with E-state index >= 15 is 0 Å². The number of rotatable bonds is 3. The first-order valence-corrected chi connectivity index (χ1v) is 5.65. The van der Waals surface area contributed by atoms with Gasteiger partial charge in [-0.25, -0.2) is 9.97 Å². The molecule has 0 N–H and O–H groups in total. The summed E-state index contributed by atoms with van der Waals surface area (Å²) in [6.07, 6.45) is 2.00. The molecule has 0 aliphatic rings. The highest BCUT2D eigenvalue weighted by Crippen LogP contribution is 2.15. The lowest BCUT2D eigenvalue weighted by Crippen LogP contribution is -1.98. The summed E-state index contributed by atoms with van der Waals surface area (Å²) in [7, 11) is 1.62. The van der Waals surface area contributed by atoms with Gasteiger partial charge in [-0.05, 0) is 17.7 Å². The van der Waals surface area contributed by atoms with E-state index in [2.05, 4.69) is 9.97 Å². The number of nitriles is 1. The smallest absolute Gasteiger partial charge is 0.150 e. The molecule has 0 atom stereocenters. The number of hydrogen-bond donors (Lipinski definition) is 0. The van der Waals surface area contributed by atoms with Crippen molar-refractivity contribution in [2.45, 2.75) is 6.42 Å². The van der Waals surface area contributed by atoms with Crippen LogP contribution in [-0.2, 0) is 6.42 Å². The van der Waals surface area contributed by atoms with Crippen LogP contribution < -0.4 is 4.74 Å². The summed E-state index contributed by atoms with van der Waals surface area (Å²) >= 11 is 5.85. The molecule has 0 spiro atoms. The third-order valence-corrected chi connectivity index (χ3v) is 2.72. The minimum atomic E-state index is 0.191. The van der Waals surface area contributed by atoms with Gasteiger partial charge in [0.2, 0.25) is 0 Å². The van der Waals surface area contributed by atoms with E-state index in [1.54, 1.807) is 7.11 Å². The molecule has 18 heavy (non-hydrogen) atoms. The number of halogens is 1. The predicted octanol–water partition coefficient (Wildman–Crippen LogP) is 2.60. The second-order valence-corrected chi connectivity index (χ2v) is 3.99. The Bertz CT molecular complexity index is 590. The Hall–Kier alpha value is -2.12. The average molecular weight is 260 g/mol. The number of ether oxygens (including phenoxy) is 1. The Labute approximate surface area is 110 Å². The standard InChI is InChI=1S/C13H10ClN3O/c1-18-11-4-2-9(3-5-11)6-12-16-8-10(7-15)13(14)17-12/h2-5,8H,6H2,1H3. The molecule has 0 unspecified atom stereocenters. The van der Waals surface area contributed by atoms with Crippen molar-refractivity contribution in [2.24, 2.45) is 0 Å². The average Bonchev–Trinajstić information content (AvgIpc) is 2.40. The molecular weight excluding hydrogens is 250 g/mol. The highest BCUT2D eigenvalue weighted by atomic mass is 35.5. The molecule has 0 aliphatic heterocycles. The summed E-state index contributed by atoms with van der Waals surface area (Å²) in [5.74, 6) is 1.39. The zero-order valence-electron chi connectivity index (χ0n) is 9.72. The molecule has 0 saturated heterocycles. The topological polar surface area (TPSA) is 58.8 Å². The molecule has 0 radical (unpaired) electrons. The fourth-order valence-electron chi connectivity index (χ4n) is 1.48. The second-order valence-electron chi connectivity index (χ2n) is 3.63. The van der Waals surface area contributed by atoms with Crippen molar-refractivity contribution in [3.8, 4) is 11.8 Å². The van der Waals surface area contributed by atoms with Crippen molar-refractivity contribution in [2.75, 3.05) is 7.11 Å². The Morgan fingerprint density at radius 1 is 1.33 bits per heavy atom. The van der Waals surface area contributed by atoms with E-state index in [4.69, 9.17) is 21.6 Å². The second kappa shape index (κ2) is 5.48. The zero-order valence-corrected chi connectivity index (χ0v) is 10.5. The van der Waals surface area contributed by atoms with E-state index in [-0.39, 0.29) is 10.7 Å². The molecular formula is C13H10ClN3O. The molecule has 0 saturated carbocycles. The van der Waals surface area contributed by atoms with Gasteiger partial charge in [0, 0.05) is 12.6 Å². The normalized spacial score (nSPS) is 9.83. The van der Waals surface area contributed by atoms with Gasteiger partial charge in [0.1, 0.15) is 23.2 Å². The van der Waals surface area contributed by atoms with Crippen molar-refractivity contribution >= 4 is 11.6 Å². The summed E-state index contributed by atoms with van der Waals surface area (Å²) in [5, 5.41) is 8.92. The van der Waals surface area contributed by atoms with E-state index in [1.807, 2.05) is 30.3 Å². The fraction of sp³-hybridized carbons (Fsp3) is 0.154. The molecule has 1 heterocycles. The molecule has 0 amide bonds.